The Morgan fingerprint density at radius 2 is 2.03 bits per heavy atom. The van der Waals surface area contributed by atoms with Crippen LogP contribution in [0.1, 0.15) is 35.9 Å². The minimum absolute atomic E-state index is 0.00987. The Morgan fingerprint density at radius 3 is 2.79 bits per heavy atom. The summed E-state index contributed by atoms with van der Waals surface area (Å²) in [6.07, 6.45) is 3.69. The molecule has 0 spiro atoms. The Hall–Kier alpha value is -3.33. The standard InChI is InChI=1S/C20H20N6O2S/c1-2-3-11-25-18(21-23-24-25)14-28-20(27)16-13-26(15-8-5-4-6-9-15)22-19(16)17-10-7-12-29-17/h4-10,12-13H,2-3,11,14H2,1H3. The molecular formula is C20H20N6O2S. The largest absolute Gasteiger partial charge is 0.454 e. The third-order valence-electron chi connectivity index (χ3n) is 4.37. The Morgan fingerprint density at radius 1 is 1.17 bits per heavy atom. The maximum absolute atomic E-state index is 12.9. The van der Waals surface area contributed by atoms with Crippen LogP contribution in [0.4, 0.5) is 0 Å². The molecule has 0 unspecified atom stereocenters. The number of hydrogen-bond acceptors (Lipinski definition) is 7. The number of tetrazole rings is 1. The Kier molecular flexibility index (Phi) is 5.76. The first kappa shape index (κ1) is 19.0. The number of rotatable bonds is 8. The number of aromatic nitrogens is 6. The van der Waals surface area contributed by atoms with Gasteiger partial charge in [0.25, 0.3) is 0 Å². The summed E-state index contributed by atoms with van der Waals surface area (Å²) in [5, 5.41) is 18.2. The molecule has 9 heteroatoms. The van der Waals surface area contributed by atoms with Crippen LogP contribution in [0.25, 0.3) is 16.3 Å². The molecule has 3 heterocycles. The number of para-hydroxylation sites is 1. The van der Waals surface area contributed by atoms with E-state index in [1.54, 1.807) is 15.6 Å². The Bertz CT molecular complexity index is 1070. The van der Waals surface area contributed by atoms with Gasteiger partial charge < -0.3 is 4.74 Å². The molecule has 0 aliphatic rings. The molecule has 4 aromatic rings. The van der Waals surface area contributed by atoms with E-state index in [9.17, 15) is 4.79 Å². The Labute approximate surface area is 171 Å². The first-order valence-electron chi connectivity index (χ1n) is 9.37. The number of unbranched alkanes of at least 4 members (excludes halogenated alkanes) is 1. The van der Waals surface area contributed by atoms with Gasteiger partial charge in [-0.25, -0.2) is 14.2 Å². The SMILES string of the molecule is CCCCn1nnnc1COC(=O)c1cn(-c2ccccc2)nc1-c1cccs1. The summed E-state index contributed by atoms with van der Waals surface area (Å²) in [5.41, 5.74) is 1.87. The number of hydrogen-bond donors (Lipinski definition) is 0. The lowest BCUT2D eigenvalue weighted by Gasteiger charge is -2.05. The minimum Gasteiger partial charge on any atom is -0.454 e. The van der Waals surface area contributed by atoms with Gasteiger partial charge in [-0.2, -0.15) is 5.10 Å². The van der Waals surface area contributed by atoms with E-state index >= 15 is 0 Å². The molecule has 3 aromatic heterocycles. The van der Waals surface area contributed by atoms with Gasteiger partial charge in [-0.3, -0.25) is 0 Å². The van der Waals surface area contributed by atoms with Crippen LogP contribution in [-0.4, -0.2) is 36.0 Å². The smallest absolute Gasteiger partial charge is 0.342 e. The molecule has 148 valence electrons. The van der Waals surface area contributed by atoms with Crippen molar-refractivity contribution >= 4 is 17.3 Å². The van der Waals surface area contributed by atoms with Crippen molar-refractivity contribution in [1.82, 2.24) is 30.0 Å². The maximum atomic E-state index is 12.9. The first-order valence-corrected chi connectivity index (χ1v) is 10.3. The molecule has 0 radical (unpaired) electrons. The second-order valence-electron chi connectivity index (χ2n) is 6.40. The summed E-state index contributed by atoms with van der Waals surface area (Å²) in [7, 11) is 0. The lowest BCUT2D eigenvalue weighted by atomic mass is 10.2. The minimum atomic E-state index is -0.458. The van der Waals surface area contributed by atoms with Crippen LogP contribution in [-0.2, 0) is 17.9 Å². The molecule has 0 bridgehead atoms. The monoisotopic (exact) mass is 408 g/mol. The number of thiophene rings is 1. The number of nitrogens with zero attached hydrogens (tertiary/aromatic N) is 6. The van der Waals surface area contributed by atoms with E-state index in [-0.39, 0.29) is 6.61 Å². The quantitative estimate of drug-likeness (QED) is 0.413. The fraction of sp³-hybridized carbons (Fsp3) is 0.250. The summed E-state index contributed by atoms with van der Waals surface area (Å²) in [4.78, 5) is 13.8. The van der Waals surface area contributed by atoms with Gasteiger partial charge in [0.2, 0.25) is 0 Å². The van der Waals surface area contributed by atoms with Gasteiger partial charge >= 0.3 is 5.97 Å². The highest BCUT2D eigenvalue weighted by atomic mass is 32.1. The highest BCUT2D eigenvalue weighted by Crippen LogP contribution is 2.28. The summed E-state index contributed by atoms with van der Waals surface area (Å²) < 4.78 is 8.89. The van der Waals surface area contributed by atoms with Crippen molar-refractivity contribution in [2.45, 2.75) is 32.9 Å². The van der Waals surface area contributed by atoms with E-state index in [1.165, 1.54) is 11.3 Å². The van der Waals surface area contributed by atoms with E-state index in [2.05, 4.69) is 27.5 Å². The van der Waals surface area contributed by atoms with Crippen LogP contribution in [0.15, 0.2) is 54.0 Å². The molecule has 0 aliphatic heterocycles. The van der Waals surface area contributed by atoms with E-state index < -0.39 is 5.97 Å². The molecule has 0 atom stereocenters. The van der Waals surface area contributed by atoms with Crippen LogP contribution in [0.3, 0.4) is 0 Å². The van der Waals surface area contributed by atoms with Crippen LogP contribution >= 0.6 is 11.3 Å². The summed E-state index contributed by atoms with van der Waals surface area (Å²) in [6, 6.07) is 13.5. The number of esters is 1. The highest BCUT2D eigenvalue weighted by molar-refractivity contribution is 7.13. The average Bonchev–Trinajstić information content (AvgIpc) is 3.51. The van der Waals surface area contributed by atoms with Crippen LogP contribution in [0.2, 0.25) is 0 Å². The lowest BCUT2D eigenvalue weighted by molar-refractivity contribution is 0.0457. The number of aryl methyl sites for hydroxylation is 1. The Balaban J connectivity index is 1.58. The molecule has 0 aliphatic carbocycles. The molecule has 29 heavy (non-hydrogen) atoms. The van der Waals surface area contributed by atoms with Crippen molar-refractivity contribution in [1.29, 1.82) is 0 Å². The second-order valence-corrected chi connectivity index (χ2v) is 7.34. The van der Waals surface area contributed by atoms with Crippen molar-refractivity contribution in [3.05, 3.63) is 65.4 Å². The molecule has 4 rings (SSSR count). The van der Waals surface area contributed by atoms with Crippen molar-refractivity contribution in [2.24, 2.45) is 0 Å². The third kappa shape index (κ3) is 4.24. The summed E-state index contributed by atoms with van der Waals surface area (Å²) in [6.45, 7) is 2.80. The van der Waals surface area contributed by atoms with Crippen molar-refractivity contribution in [3.8, 4) is 16.3 Å². The molecule has 0 saturated heterocycles. The van der Waals surface area contributed by atoms with E-state index in [0.29, 0.717) is 23.6 Å². The molecule has 0 saturated carbocycles. The fourth-order valence-electron chi connectivity index (χ4n) is 2.85. The molecule has 1 aromatic carbocycles. The van der Waals surface area contributed by atoms with Crippen LogP contribution in [0.5, 0.6) is 0 Å². The number of carbonyl (C=O) groups is 1. The number of carbonyl (C=O) groups excluding carboxylic acids is 1. The molecule has 0 fully saturated rings. The zero-order chi connectivity index (χ0) is 20.1. The predicted molar refractivity (Wildman–Crippen MR) is 109 cm³/mol. The first-order chi connectivity index (χ1) is 14.3. The van der Waals surface area contributed by atoms with Gasteiger partial charge in [0.15, 0.2) is 12.4 Å². The molecule has 8 nitrogen and oxygen atoms in total. The third-order valence-corrected chi connectivity index (χ3v) is 5.25. The van der Waals surface area contributed by atoms with Crippen molar-refractivity contribution < 1.29 is 9.53 Å². The van der Waals surface area contributed by atoms with E-state index in [0.717, 1.165) is 23.4 Å². The van der Waals surface area contributed by atoms with E-state index in [1.807, 2.05) is 47.8 Å². The summed E-state index contributed by atoms with van der Waals surface area (Å²) in [5.74, 6) is 0.0700. The molecule has 0 amide bonds. The normalized spacial score (nSPS) is 10.9. The van der Waals surface area contributed by atoms with Crippen molar-refractivity contribution in [2.75, 3.05) is 0 Å². The predicted octanol–water partition coefficient (Wildman–Crippen LogP) is 3.74. The summed E-state index contributed by atoms with van der Waals surface area (Å²) >= 11 is 1.52. The highest BCUT2D eigenvalue weighted by Gasteiger charge is 2.21. The number of ether oxygens (including phenoxy) is 1. The second kappa shape index (κ2) is 8.78. The maximum Gasteiger partial charge on any atom is 0.342 e. The molecular weight excluding hydrogens is 388 g/mol. The zero-order valence-electron chi connectivity index (χ0n) is 15.9. The fourth-order valence-corrected chi connectivity index (χ4v) is 3.57. The van der Waals surface area contributed by atoms with Gasteiger partial charge in [-0.05, 0) is 40.4 Å². The van der Waals surface area contributed by atoms with Gasteiger partial charge in [0, 0.05) is 12.7 Å². The van der Waals surface area contributed by atoms with E-state index in [4.69, 9.17) is 4.74 Å². The van der Waals surface area contributed by atoms with Gasteiger partial charge in [0.05, 0.1) is 10.6 Å². The van der Waals surface area contributed by atoms with Crippen LogP contribution in [0, 0.1) is 0 Å². The molecule has 0 N–H and O–H groups in total. The van der Waals surface area contributed by atoms with Gasteiger partial charge in [-0.1, -0.05) is 37.6 Å². The number of benzene rings is 1. The van der Waals surface area contributed by atoms with Gasteiger partial charge in [-0.15, -0.1) is 16.4 Å². The lowest BCUT2D eigenvalue weighted by Crippen LogP contribution is -2.11. The topological polar surface area (TPSA) is 87.7 Å². The van der Waals surface area contributed by atoms with Gasteiger partial charge in [0.1, 0.15) is 11.3 Å². The van der Waals surface area contributed by atoms with Crippen LogP contribution < -0.4 is 0 Å². The van der Waals surface area contributed by atoms with Crippen molar-refractivity contribution in [3.63, 3.8) is 0 Å². The average molecular weight is 408 g/mol. The zero-order valence-corrected chi connectivity index (χ0v) is 16.7.